The van der Waals surface area contributed by atoms with Crippen LogP contribution in [0, 0.1) is 5.41 Å². The van der Waals surface area contributed by atoms with Crippen LogP contribution in [0.2, 0.25) is 0 Å². The maximum absolute atomic E-state index is 13.8. The minimum atomic E-state index is -0.537. The number of carbonyl (C=O) groups is 2. The van der Waals surface area contributed by atoms with E-state index in [-0.39, 0.29) is 24.6 Å². The summed E-state index contributed by atoms with van der Waals surface area (Å²) in [5, 5.41) is 11.2. The fourth-order valence-corrected chi connectivity index (χ4v) is 6.52. The van der Waals surface area contributed by atoms with Gasteiger partial charge in [-0.3, -0.25) is 9.69 Å². The van der Waals surface area contributed by atoms with Crippen LogP contribution in [0.1, 0.15) is 38.2 Å². The average Bonchev–Trinajstić information content (AvgIpc) is 3.62. The highest BCUT2D eigenvalue weighted by Crippen LogP contribution is 2.52. The van der Waals surface area contributed by atoms with Crippen LogP contribution in [0.25, 0.3) is 5.82 Å². The van der Waals surface area contributed by atoms with Gasteiger partial charge in [0, 0.05) is 31.9 Å². The summed E-state index contributed by atoms with van der Waals surface area (Å²) in [6.45, 7) is 3.32. The van der Waals surface area contributed by atoms with E-state index in [1.165, 1.54) is 11.0 Å². The zero-order chi connectivity index (χ0) is 24.2. The summed E-state index contributed by atoms with van der Waals surface area (Å²) < 4.78 is 12.6. The van der Waals surface area contributed by atoms with E-state index < -0.39 is 5.41 Å². The summed E-state index contributed by atoms with van der Waals surface area (Å²) in [6.07, 6.45) is 7.87. The third-order valence-electron chi connectivity index (χ3n) is 8.35. The van der Waals surface area contributed by atoms with Gasteiger partial charge in [-0.25, -0.2) is 9.78 Å². The molecule has 0 saturated carbocycles. The molecule has 0 aromatic carbocycles. The van der Waals surface area contributed by atoms with Gasteiger partial charge in [0.25, 0.3) is 0 Å². The number of likely N-dealkylation sites (tertiary alicyclic amines) is 1. The topological polar surface area (TPSA) is 116 Å². The van der Waals surface area contributed by atoms with Gasteiger partial charge >= 0.3 is 5.97 Å². The monoisotopic (exact) mass is 479 g/mol. The molecule has 6 heterocycles. The van der Waals surface area contributed by atoms with Crippen LogP contribution < -0.4 is 0 Å². The number of methoxy groups -OCH3 is 1. The van der Waals surface area contributed by atoms with Crippen molar-refractivity contribution in [1.29, 1.82) is 0 Å². The van der Waals surface area contributed by atoms with Crippen LogP contribution >= 0.6 is 0 Å². The number of aromatic nitrogens is 5. The molecule has 6 rings (SSSR count). The highest BCUT2D eigenvalue weighted by Gasteiger charge is 2.61. The molecule has 1 spiro atoms. The van der Waals surface area contributed by atoms with Gasteiger partial charge in [0.15, 0.2) is 5.82 Å². The second-order valence-corrected chi connectivity index (χ2v) is 10.0. The van der Waals surface area contributed by atoms with Crippen molar-refractivity contribution in [1.82, 2.24) is 35.0 Å². The summed E-state index contributed by atoms with van der Waals surface area (Å²) in [6, 6.07) is 4.69. The van der Waals surface area contributed by atoms with Crippen molar-refractivity contribution in [2.45, 2.75) is 57.2 Å². The van der Waals surface area contributed by atoms with Crippen molar-refractivity contribution >= 4 is 11.9 Å². The summed E-state index contributed by atoms with van der Waals surface area (Å²) in [4.78, 5) is 34.6. The number of cyclic esters (lactones) is 1. The largest absolute Gasteiger partial charge is 0.456 e. The quantitative estimate of drug-likeness (QED) is 0.557. The fourth-order valence-electron chi connectivity index (χ4n) is 6.52. The van der Waals surface area contributed by atoms with Crippen molar-refractivity contribution < 1.29 is 19.1 Å². The highest BCUT2D eigenvalue weighted by molar-refractivity contribution is 5.94. The Morgan fingerprint density at radius 3 is 2.60 bits per heavy atom. The van der Waals surface area contributed by atoms with Crippen molar-refractivity contribution in [2.24, 2.45) is 5.41 Å². The maximum atomic E-state index is 13.8. The number of piperidine rings is 1. The van der Waals surface area contributed by atoms with Crippen LogP contribution in [0.3, 0.4) is 0 Å². The Morgan fingerprint density at radius 2 is 2.00 bits per heavy atom. The first-order valence-corrected chi connectivity index (χ1v) is 12.2. The van der Waals surface area contributed by atoms with E-state index in [2.05, 4.69) is 31.5 Å². The molecule has 3 fully saturated rings. The molecule has 3 saturated heterocycles. The van der Waals surface area contributed by atoms with Crippen molar-refractivity contribution in [3.63, 3.8) is 0 Å². The molecule has 2 bridgehead atoms. The lowest BCUT2D eigenvalue weighted by molar-refractivity contribution is -0.143. The minimum Gasteiger partial charge on any atom is -0.456 e. The Hall–Kier alpha value is -3.18. The number of carbonyl (C=O) groups excluding carboxylic acids is 2. The van der Waals surface area contributed by atoms with Crippen molar-refractivity contribution in [2.75, 3.05) is 26.8 Å². The van der Waals surface area contributed by atoms with Gasteiger partial charge in [-0.05, 0) is 61.1 Å². The van der Waals surface area contributed by atoms with Crippen LogP contribution in [-0.4, -0.2) is 91.9 Å². The van der Waals surface area contributed by atoms with E-state index in [0.29, 0.717) is 35.7 Å². The second-order valence-electron chi connectivity index (χ2n) is 10.0. The van der Waals surface area contributed by atoms with Gasteiger partial charge in [0.2, 0.25) is 5.91 Å². The second kappa shape index (κ2) is 8.49. The average molecular weight is 480 g/mol. The van der Waals surface area contributed by atoms with E-state index >= 15 is 0 Å². The Labute approximate surface area is 203 Å². The standard InChI is InChI=1S/C24H29N7O4/c1-15-19(13-35-22(15)32)30-12-20(34-2)24(23(30)33)9-17-4-5-18(10-24)29(17)8-7-16-3-6-21(25-11-16)31-14-26-27-28-31/h3,6,11,14,17-18,20H,4-5,7-10,12-13H2,1-2H3. The number of pyridine rings is 1. The van der Waals surface area contributed by atoms with Crippen LogP contribution in [0.4, 0.5) is 0 Å². The van der Waals surface area contributed by atoms with Gasteiger partial charge in [0.05, 0.1) is 29.3 Å². The number of ether oxygens (including phenoxy) is 2. The maximum Gasteiger partial charge on any atom is 0.336 e. The van der Waals surface area contributed by atoms with E-state index in [0.717, 1.165) is 44.2 Å². The highest BCUT2D eigenvalue weighted by atomic mass is 16.5. The molecule has 3 unspecified atom stereocenters. The molecule has 0 aliphatic carbocycles. The van der Waals surface area contributed by atoms with E-state index in [1.54, 1.807) is 18.9 Å². The predicted octanol–water partition coefficient (Wildman–Crippen LogP) is 0.901. The minimum absolute atomic E-state index is 0.0935. The zero-order valence-corrected chi connectivity index (χ0v) is 20.0. The fraction of sp³-hybridized carbons (Fsp3) is 0.583. The molecule has 2 aromatic rings. The lowest BCUT2D eigenvalue weighted by Gasteiger charge is -2.45. The number of hydrogen-bond donors (Lipinski definition) is 0. The molecule has 35 heavy (non-hydrogen) atoms. The third-order valence-corrected chi connectivity index (χ3v) is 8.35. The molecular formula is C24H29N7O4. The van der Waals surface area contributed by atoms with Gasteiger partial charge in [-0.1, -0.05) is 6.07 Å². The molecular weight excluding hydrogens is 450 g/mol. The molecule has 11 nitrogen and oxygen atoms in total. The summed E-state index contributed by atoms with van der Waals surface area (Å²) >= 11 is 0. The first-order valence-electron chi connectivity index (χ1n) is 12.2. The normalized spacial score (nSPS) is 30.7. The molecule has 4 aliphatic rings. The summed E-state index contributed by atoms with van der Waals surface area (Å²) in [5.74, 6) is 0.447. The Kier molecular flexibility index (Phi) is 5.41. The Bertz CT molecular complexity index is 1150. The van der Waals surface area contributed by atoms with Crippen molar-refractivity contribution in [3.8, 4) is 5.82 Å². The lowest BCUT2D eigenvalue weighted by atomic mass is 9.71. The molecule has 11 heteroatoms. The lowest BCUT2D eigenvalue weighted by Crippen LogP contribution is -2.54. The molecule has 0 radical (unpaired) electrons. The summed E-state index contributed by atoms with van der Waals surface area (Å²) in [5.41, 5.74) is 1.86. The number of amides is 1. The number of esters is 1. The first-order chi connectivity index (χ1) is 17.0. The Balaban J connectivity index is 1.16. The first kappa shape index (κ1) is 22.3. The smallest absolute Gasteiger partial charge is 0.336 e. The number of hydrogen-bond acceptors (Lipinski definition) is 9. The number of nitrogens with zero attached hydrogens (tertiary/aromatic N) is 7. The van der Waals surface area contributed by atoms with Gasteiger partial charge in [0.1, 0.15) is 12.9 Å². The Morgan fingerprint density at radius 1 is 1.20 bits per heavy atom. The molecule has 1 amide bonds. The molecule has 4 aliphatic heterocycles. The predicted molar refractivity (Wildman–Crippen MR) is 122 cm³/mol. The van der Waals surface area contributed by atoms with E-state index in [9.17, 15) is 9.59 Å². The van der Waals surface area contributed by atoms with Crippen molar-refractivity contribution in [3.05, 3.63) is 41.5 Å². The van der Waals surface area contributed by atoms with Gasteiger partial charge in [-0.15, -0.1) is 5.10 Å². The SMILES string of the molecule is COC1CN(C2=C(C)C(=O)OC2)C(=O)C12CC1CCC(C2)N1CCc1ccc(-n2cnnn2)nc1. The molecule has 184 valence electrons. The molecule has 2 aromatic heterocycles. The van der Waals surface area contributed by atoms with Crippen LogP contribution in [0.5, 0.6) is 0 Å². The third kappa shape index (κ3) is 3.56. The number of fused-ring (bicyclic) bond motifs is 2. The summed E-state index contributed by atoms with van der Waals surface area (Å²) in [7, 11) is 1.70. The molecule has 3 atom stereocenters. The number of rotatable bonds is 6. The number of tetrazole rings is 1. The van der Waals surface area contributed by atoms with Crippen LogP contribution in [0.15, 0.2) is 35.9 Å². The van der Waals surface area contributed by atoms with Gasteiger partial charge < -0.3 is 14.4 Å². The van der Waals surface area contributed by atoms with Crippen LogP contribution in [-0.2, 0) is 25.5 Å². The van der Waals surface area contributed by atoms with Gasteiger partial charge in [-0.2, -0.15) is 4.68 Å². The van der Waals surface area contributed by atoms with E-state index in [4.69, 9.17) is 9.47 Å². The molecule has 0 N–H and O–H groups in total. The zero-order valence-electron chi connectivity index (χ0n) is 20.0. The van der Waals surface area contributed by atoms with E-state index in [1.807, 2.05) is 12.3 Å².